The maximum Gasteiger partial charge on any atom is 0.241 e. The smallest absolute Gasteiger partial charge is 0.241 e. The number of carbonyl (C=O) groups excluding carboxylic acids is 1. The zero-order valence-electron chi connectivity index (χ0n) is 16.2. The van der Waals surface area contributed by atoms with Crippen LogP contribution in [0.3, 0.4) is 0 Å². The average Bonchev–Trinajstić information content (AvgIpc) is 2.71. The fraction of sp³-hybridized carbons (Fsp3) is 0.316. The van der Waals surface area contributed by atoms with E-state index in [1.807, 2.05) is 18.2 Å². The van der Waals surface area contributed by atoms with Gasteiger partial charge in [0.1, 0.15) is 5.75 Å². The van der Waals surface area contributed by atoms with Gasteiger partial charge in [0, 0.05) is 18.2 Å². The molecule has 0 unspecified atom stereocenters. The van der Waals surface area contributed by atoms with Gasteiger partial charge in [-0.15, -0.1) is 0 Å². The van der Waals surface area contributed by atoms with E-state index in [0.717, 1.165) is 5.56 Å². The number of benzene rings is 2. The van der Waals surface area contributed by atoms with Crippen molar-refractivity contribution in [3.8, 4) is 17.2 Å². The van der Waals surface area contributed by atoms with E-state index < -0.39 is 22.0 Å². The second-order valence-corrected chi connectivity index (χ2v) is 7.60. The van der Waals surface area contributed by atoms with E-state index in [2.05, 4.69) is 10.0 Å². The second kappa shape index (κ2) is 9.43. The van der Waals surface area contributed by atoms with Gasteiger partial charge in [-0.1, -0.05) is 18.2 Å². The van der Waals surface area contributed by atoms with Crippen LogP contribution in [-0.2, 0) is 21.4 Å². The van der Waals surface area contributed by atoms with Gasteiger partial charge in [0.2, 0.25) is 15.9 Å². The number of hydrogen-bond acceptors (Lipinski definition) is 6. The van der Waals surface area contributed by atoms with E-state index in [1.165, 1.54) is 39.3 Å². The zero-order chi connectivity index (χ0) is 20.7. The van der Waals surface area contributed by atoms with Gasteiger partial charge in [0.25, 0.3) is 0 Å². The lowest BCUT2D eigenvalue weighted by Crippen LogP contribution is -2.44. The summed E-state index contributed by atoms with van der Waals surface area (Å²) in [6.45, 7) is 1.68. The van der Waals surface area contributed by atoms with Gasteiger partial charge in [0.05, 0.1) is 32.3 Å². The molecule has 2 N–H and O–H groups in total. The lowest BCUT2D eigenvalue weighted by Gasteiger charge is -2.16. The normalized spacial score (nSPS) is 12.1. The van der Waals surface area contributed by atoms with E-state index in [1.54, 1.807) is 13.2 Å². The fourth-order valence-corrected chi connectivity index (χ4v) is 3.74. The van der Waals surface area contributed by atoms with E-state index in [4.69, 9.17) is 14.2 Å². The van der Waals surface area contributed by atoms with Gasteiger partial charge >= 0.3 is 0 Å². The SMILES string of the molecule is COc1ccccc1CNC(=O)[C@H](C)NS(=O)(=O)c1ccc(OC)c(OC)c1. The molecule has 0 bridgehead atoms. The highest BCUT2D eigenvalue weighted by molar-refractivity contribution is 7.89. The van der Waals surface area contributed by atoms with Crippen molar-refractivity contribution in [3.63, 3.8) is 0 Å². The highest BCUT2D eigenvalue weighted by Crippen LogP contribution is 2.29. The lowest BCUT2D eigenvalue weighted by atomic mass is 10.2. The first-order chi connectivity index (χ1) is 13.3. The van der Waals surface area contributed by atoms with Crippen molar-refractivity contribution in [2.75, 3.05) is 21.3 Å². The Labute approximate surface area is 164 Å². The molecule has 2 rings (SSSR count). The monoisotopic (exact) mass is 408 g/mol. The van der Waals surface area contributed by atoms with Crippen LogP contribution in [0.4, 0.5) is 0 Å². The lowest BCUT2D eigenvalue weighted by molar-refractivity contribution is -0.122. The minimum atomic E-state index is -3.93. The molecule has 9 heteroatoms. The first-order valence-electron chi connectivity index (χ1n) is 8.46. The minimum Gasteiger partial charge on any atom is -0.496 e. The Morgan fingerprint density at radius 1 is 0.964 bits per heavy atom. The highest BCUT2D eigenvalue weighted by Gasteiger charge is 2.23. The Morgan fingerprint density at radius 3 is 2.25 bits per heavy atom. The summed E-state index contributed by atoms with van der Waals surface area (Å²) in [5.41, 5.74) is 0.785. The first kappa shape index (κ1) is 21.5. The van der Waals surface area contributed by atoms with Crippen molar-refractivity contribution in [2.24, 2.45) is 0 Å². The molecule has 0 heterocycles. The van der Waals surface area contributed by atoms with Crippen LogP contribution in [0, 0.1) is 0 Å². The van der Waals surface area contributed by atoms with Crippen molar-refractivity contribution in [2.45, 2.75) is 24.4 Å². The molecule has 0 saturated heterocycles. The van der Waals surface area contributed by atoms with Crippen LogP contribution in [0.15, 0.2) is 47.4 Å². The van der Waals surface area contributed by atoms with Crippen molar-refractivity contribution >= 4 is 15.9 Å². The topological polar surface area (TPSA) is 103 Å². The van der Waals surface area contributed by atoms with Crippen LogP contribution in [0.25, 0.3) is 0 Å². The molecule has 0 radical (unpaired) electrons. The average molecular weight is 408 g/mol. The molecule has 0 fully saturated rings. The van der Waals surface area contributed by atoms with Crippen LogP contribution in [0.2, 0.25) is 0 Å². The number of para-hydroxylation sites is 1. The molecular weight excluding hydrogens is 384 g/mol. The van der Waals surface area contributed by atoms with Crippen LogP contribution in [-0.4, -0.2) is 41.7 Å². The molecule has 0 saturated carbocycles. The van der Waals surface area contributed by atoms with Crippen LogP contribution in [0.1, 0.15) is 12.5 Å². The van der Waals surface area contributed by atoms with E-state index in [-0.39, 0.29) is 17.2 Å². The molecule has 0 aromatic heterocycles. The number of sulfonamides is 1. The highest BCUT2D eigenvalue weighted by atomic mass is 32.2. The van der Waals surface area contributed by atoms with Gasteiger partial charge in [-0.25, -0.2) is 8.42 Å². The third-order valence-electron chi connectivity index (χ3n) is 4.04. The summed E-state index contributed by atoms with van der Waals surface area (Å²) in [6.07, 6.45) is 0. The summed E-state index contributed by atoms with van der Waals surface area (Å²) in [7, 11) is 0.482. The number of hydrogen-bond donors (Lipinski definition) is 2. The van der Waals surface area contributed by atoms with Gasteiger partial charge in [-0.2, -0.15) is 4.72 Å². The van der Waals surface area contributed by atoms with Gasteiger partial charge in [0.15, 0.2) is 11.5 Å². The number of amides is 1. The summed E-state index contributed by atoms with van der Waals surface area (Å²) in [4.78, 5) is 12.3. The van der Waals surface area contributed by atoms with E-state index in [0.29, 0.717) is 11.5 Å². The van der Waals surface area contributed by atoms with Crippen LogP contribution >= 0.6 is 0 Å². The minimum absolute atomic E-state index is 0.0328. The fourth-order valence-electron chi connectivity index (χ4n) is 2.52. The molecule has 1 amide bonds. The molecule has 2 aromatic carbocycles. The maximum atomic E-state index is 12.6. The standard InChI is InChI=1S/C19H24N2O6S/c1-13(19(22)20-12-14-7-5-6-8-16(14)25-2)21-28(23,24)15-9-10-17(26-3)18(11-15)27-4/h5-11,13,21H,12H2,1-4H3,(H,20,22)/t13-/m0/s1. The number of methoxy groups -OCH3 is 3. The zero-order valence-corrected chi connectivity index (χ0v) is 17.0. The predicted molar refractivity (Wildman–Crippen MR) is 104 cm³/mol. The molecule has 8 nitrogen and oxygen atoms in total. The third kappa shape index (κ3) is 5.14. The largest absolute Gasteiger partial charge is 0.496 e. The van der Waals surface area contributed by atoms with Gasteiger partial charge < -0.3 is 19.5 Å². The maximum absolute atomic E-state index is 12.6. The van der Waals surface area contributed by atoms with Gasteiger partial charge in [-0.05, 0) is 25.1 Å². The molecule has 0 aliphatic carbocycles. The molecule has 2 aromatic rings. The molecule has 28 heavy (non-hydrogen) atoms. The molecule has 152 valence electrons. The van der Waals surface area contributed by atoms with E-state index >= 15 is 0 Å². The molecule has 0 spiro atoms. The summed E-state index contributed by atoms with van der Waals surface area (Å²) in [5, 5.41) is 2.70. The number of nitrogens with one attached hydrogen (secondary N) is 2. The Hall–Kier alpha value is -2.78. The summed E-state index contributed by atoms with van der Waals surface area (Å²) in [5.74, 6) is 0.860. The van der Waals surface area contributed by atoms with Crippen molar-refractivity contribution in [1.29, 1.82) is 0 Å². The van der Waals surface area contributed by atoms with E-state index in [9.17, 15) is 13.2 Å². The first-order valence-corrected chi connectivity index (χ1v) is 9.94. The number of rotatable bonds is 9. The molecular formula is C19H24N2O6S. The number of ether oxygens (including phenoxy) is 3. The molecule has 0 aliphatic heterocycles. The van der Waals surface area contributed by atoms with Gasteiger partial charge in [-0.3, -0.25) is 4.79 Å². The van der Waals surface area contributed by atoms with Crippen molar-refractivity contribution < 1.29 is 27.4 Å². The summed E-state index contributed by atoms with van der Waals surface area (Å²) >= 11 is 0. The predicted octanol–water partition coefficient (Wildman–Crippen LogP) is 1.70. The quantitative estimate of drug-likeness (QED) is 0.655. The summed E-state index contributed by atoms with van der Waals surface area (Å²) < 4.78 is 43.0. The van der Waals surface area contributed by atoms with Crippen LogP contribution < -0.4 is 24.2 Å². The van der Waals surface area contributed by atoms with Crippen molar-refractivity contribution in [3.05, 3.63) is 48.0 Å². The second-order valence-electron chi connectivity index (χ2n) is 5.89. The molecule has 1 atom stereocenters. The summed E-state index contributed by atoms with van der Waals surface area (Å²) in [6, 6.07) is 10.5. The molecule has 0 aliphatic rings. The Kier molecular flexibility index (Phi) is 7.24. The number of carbonyl (C=O) groups is 1. The Bertz CT molecular complexity index is 930. The Morgan fingerprint density at radius 2 is 1.61 bits per heavy atom. The third-order valence-corrected chi connectivity index (χ3v) is 5.57. The van der Waals surface area contributed by atoms with Crippen molar-refractivity contribution in [1.82, 2.24) is 10.0 Å². The Balaban J connectivity index is 2.06. The van der Waals surface area contributed by atoms with Crippen LogP contribution in [0.5, 0.6) is 17.2 Å².